The Labute approximate surface area is 105 Å². The number of benzene rings is 1. The Morgan fingerprint density at radius 1 is 1.06 bits per heavy atom. The van der Waals surface area contributed by atoms with Crippen molar-refractivity contribution in [3.63, 3.8) is 0 Å². The van der Waals surface area contributed by atoms with Crippen LogP contribution in [0.25, 0.3) is 0 Å². The molecule has 0 aliphatic heterocycles. The van der Waals surface area contributed by atoms with E-state index in [0.717, 1.165) is 30.8 Å². The zero-order chi connectivity index (χ0) is 12.7. The van der Waals surface area contributed by atoms with Crippen LogP contribution in [0.15, 0.2) is 53.8 Å². The zero-order valence-electron chi connectivity index (χ0n) is 11.1. The third-order valence-electron chi connectivity index (χ3n) is 2.55. The van der Waals surface area contributed by atoms with Gasteiger partial charge >= 0.3 is 0 Å². The smallest absolute Gasteiger partial charge is 0.126 e. The summed E-state index contributed by atoms with van der Waals surface area (Å²) in [5.74, 6) is 2.00. The van der Waals surface area contributed by atoms with Gasteiger partial charge in [0, 0.05) is 6.42 Å². The van der Waals surface area contributed by atoms with Crippen LogP contribution >= 0.6 is 0 Å². The number of rotatable bonds is 6. The standard InChI is InChI=1S/C16H22O/c1-13(2)9-8-12-16(14(3)4)17-15-10-6-5-7-11-15/h5-7,10-11H,1,8-9,12H2,2-4H3. The average Bonchev–Trinajstić information content (AvgIpc) is 2.28. The molecule has 0 unspecified atom stereocenters. The molecule has 0 saturated carbocycles. The first-order chi connectivity index (χ1) is 8.09. The Bertz CT molecular complexity index is 383. The monoisotopic (exact) mass is 230 g/mol. The van der Waals surface area contributed by atoms with Gasteiger partial charge < -0.3 is 4.74 Å². The second-order valence-electron chi connectivity index (χ2n) is 4.65. The minimum absolute atomic E-state index is 0.916. The molecular weight excluding hydrogens is 208 g/mol. The molecule has 0 aliphatic carbocycles. The van der Waals surface area contributed by atoms with E-state index in [1.807, 2.05) is 30.3 Å². The minimum atomic E-state index is 0.916. The SMILES string of the molecule is C=C(C)CCCC(Oc1ccccc1)=C(C)C. The summed E-state index contributed by atoms with van der Waals surface area (Å²) >= 11 is 0. The predicted molar refractivity (Wildman–Crippen MR) is 74.1 cm³/mol. The highest BCUT2D eigenvalue weighted by atomic mass is 16.5. The summed E-state index contributed by atoms with van der Waals surface area (Å²) in [4.78, 5) is 0. The van der Waals surface area contributed by atoms with Crippen molar-refractivity contribution in [2.24, 2.45) is 0 Å². The van der Waals surface area contributed by atoms with Crippen molar-refractivity contribution in [1.29, 1.82) is 0 Å². The number of allylic oxidation sites excluding steroid dienone is 3. The molecule has 0 amide bonds. The maximum absolute atomic E-state index is 5.91. The van der Waals surface area contributed by atoms with E-state index in [4.69, 9.17) is 4.74 Å². The number of ether oxygens (including phenoxy) is 1. The first kappa shape index (κ1) is 13.6. The molecule has 0 radical (unpaired) electrons. The van der Waals surface area contributed by atoms with Crippen molar-refractivity contribution in [3.05, 3.63) is 53.8 Å². The third kappa shape index (κ3) is 5.39. The molecule has 1 heteroatoms. The lowest BCUT2D eigenvalue weighted by Gasteiger charge is -2.12. The van der Waals surface area contributed by atoms with Gasteiger partial charge in [-0.3, -0.25) is 0 Å². The molecule has 1 aromatic carbocycles. The summed E-state index contributed by atoms with van der Waals surface area (Å²) < 4.78 is 5.91. The highest BCUT2D eigenvalue weighted by Crippen LogP contribution is 2.20. The van der Waals surface area contributed by atoms with Crippen LogP contribution in [0.1, 0.15) is 40.0 Å². The van der Waals surface area contributed by atoms with Gasteiger partial charge in [-0.15, -0.1) is 6.58 Å². The van der Waals surface area contributed by atoms with E-state index in [-0.39, 0.29) is 0 Å². The molecule has 0 spiro atoms. The van der Waals surface area contributed by atoms with Crippen molar-refractivity contribution in [1.82, 2.24) is 0 Å². The molecule has 0 aliphatic rings. The average molecular weight is 230 g/mol. The lowest BCUT2D eigenvalue weighted by Crippen LogP contribution is -1.98. The minimum Gasteiger partial charge on any atom is -0.462 e. The fraction of sp³-hybridized carbons (Fsp3) is 0.375. The molecule has 92 valence electrons. The van der Waals surface area contributed by atoms with Crippen LogP contribution in [0.5, 0.6) is 5.75 Å². The van der Waals surface area contributed by atoms with Crippen molar-refractivity contribution in [2.75, 3.05) is 0 Å². The van der Waals surface area contributed by atoms with Gasteiger partial charge in [0.1, 0.15) is 11.5 Å². The summed E-state index contributed by atoms with van der Waals surface area (Å²) in [5, 5.41) is 0. The van der Waals surface area contributed by atoms with E-state index in [1.165, 1.54) is 11.1 Å². The van der Waals surface area contributed by atoms with E-state index in [2.05, 4.69) is 27.4 Å². The molecule has 1 rings (SSSR count). The maximum atomic E-state index is 5.91. The molecule has 1 aromatic rings. The van der Waals surface area contributed by atoms with Crippen molar-refractivity contribution in [2.45, 2.75) is 40.0 Å². The lowest BCUT2D eigenvalue weighted by molar-refractivity contribution is 0.392. The number of hydrogen-bond donors (Lipinski definition) is 0. The van der Waals surface area contributed by atoms with Gasteiger partial charge in [-0.1, -0.05) is 23.8 Å². The fourth-order valence-corrected chi connectivity index (χ4v) is 1.58. The van der Waals surface area contributed by atoms with Crippen LogP contribution in [0, 0.1) is 0 Å². The molecule has 0 N–H and O–H groups in total. The molecule has 1 nitrogen and oxygen atoms in total. The summed E-state index contributed by atoms with van der Waals surface area (Å²) in [6.45, 7) is 10.2. The van der Waals surface area contributed by atoms with Gasteiger partial charge in [0.15, 0.2) is 0 Å². The predicted octanol–water partition coefficient (Wildman–Crippen LogP) is 5.11. The molecular formula is C16H22O. The number of para-hydroxylation sites is 1. The van der Waals surface area contributed by atoms with Gasteiger partial charge in [-0.2, -0.15) is 0 Å². The Morgan fingerprint density at radius 3 is 2.24 bits per heavy atom. The molecule has 0 atom stereocenters. The van der Waals surface area contributed by atoms with E-state index < -0.39 is 0 Å². The second-order valence-corrected chi connectivity index (χ2v) is 4.65. The van der Waals surface area contributed by atoms with Gasteiger partial charge in [-0.25, -0.2) is 0 Å². The molecule has 0 bridgehead atoms. The third-order valence-corrected chi connectivity index (χ3v) is 2.55. The summed E-state index contributed by atoms with van der Waals surface area (Å²) in [5.41, 5.74) is 2.48. The molecule has 0 aromatic heterocycles. The number of hydrogen-bond acceptors (Lipinski definition) is 1. The van der Waals surface area contributed by atoms with E-state index in [1.54, 1.807) is 0 Å². The first-order valence-electron chi connectivity index (χ1n) is 6.13. The van der Waals surface area contributed by atoms with Gasteiger partial charge in [0.2, 0.25) is 0 Å². The van der Waals surface area contributed by atoms with Gasteiger partial charge in [-0.05, 0) is 51.3 Å². The molecule has 0 heterocycles. The molecule has 0 fully saturated rings. The van der Waals surface area contributed by atoms with Crippen molar-refractivity contribution < 1.29 is 4.74 Å². The maximum Gasteiger partial charge on any atom is 0.126 e. The summed E-state index contributed by atoms with van der Waals surface area (Å²) in [6.07, 6.45) is 3.14. The Balaban J connectivity index is 2.57. The lowest BCUT2D eigenvalue weighted by atomic mass is 10.1. The van der Waals surface area contributed by atoms with E-state index in [0.29, 0.717) is 0 Å². The summed E-state index contributed by atoms with van der Waals surface area (Å²) in [6, 6.07) is 9.96. The highest BCUT2D eigenvalue weighted by molar-refractivity contribution is 5.24. The Morgan fingerprint density at radius 2 is 1.71 bits per heavy atom. The van der Waals surface area contributed by atoms with Crippen LogP contribution in [-0.4, -0.2) is 0 Å². The Hall–Kier alpha value is -1.50. The highest BCUT2D eigenvalue weighted by Gasteiger charge is 2.03. The fourth-order valence-electron chi connectivity index (χ4n) is 1.58. The van der Waals surface area contributed by atoms with Gasteiger partial charge in [0.25, 0.3) is 0 Å². The Kier molecular flexibility index (Phi) is 5.55. The summed E-state index contributed by atoms with van der Waals surface area (Å²) in [7, 11) is 0. The van der Waals surface area contributed by atoms with Gasteiger partial charge in [0.05, 0.1) is 0 Å². The topological polar surface area (TPSA) is 9.23 Å². The van der Waals surface area contributed by atoms with Crippen molar-refractivity contribution >= 4 is 0 Å². The van der Waals surface area contributed by atoms with Crippen LogP contribution in [0.3, 0.4) is 0 Å². The van der Waals surface area contributed by atoms with Crippen molar-refractivity contribution in [3.8, 4) is 5.75 Å². The van der Waals surface area contributed by atoms with Crippen LogP contribution < -0.4 is 4.74 Å². The zero-order valence-corrected chi connectivity index (χ0v) is 11.1. The molecule has 0 saturated heterocycles. The van der Waals surface area contributed by atoms with Crippen LogP contribution in [0.2, 0.25) is 0 Å². The quantitative estimate of drug-likeness (QED) is 0.487. The molecule has 17 heavy (non-hydrogen) atoms. The largest absolute Gasteiger partial charge is 0.462 e. The van der Waals surface area contributed by atoms with E-state index in [9.17, 15) is 0 Å². The van der Waals surface area contributed by atoms with Crippen LogP contribution in [-0.2, 0) is 0 Å². The second kappa shape index (κ2) is 6.95. The normalized spacial score (nSPS) is 9.82. The van der Waals surface area contributed by atoms with E-state index >= 15 is 0 Å². The van der Waals surface area contributed by atoms with Crippen LogP contribution in [0.4, 0.5) is 0 Å². The first-order valence-corrected chi connectivity index (χ1v) is 6.13.